The smallest absolute Gasteiger partial charge is 0.294 e. The highest BCUT2D eigenvalue weighted by molar-refractivity contribution is 7.89. The Morgan fingerprint density at radius 2 is 1.98 bits per heavy atom. The summed E-state index contributed by atoms with van der Waals surface area (Å²) in [6, 6.07) is 4.52. The molecule has 2 N–H and O–H groups in total. The monoisotopic (exact) mass is 606 g/mol. The number of aliphatic hydroxyl groups excluding tert-OH is 1. The molecule has 0 bridgehead atoms. The molecule has 3 heterocycles. The summed E-state index contributed by atoms with van der Waals surface area (Å²) in [5.41, 5.74) is 0.0504. The van der Waals surface area contributed by atoms with E-state index in [2.05, 4.69) is 19.9 Å². The van der Waals surface area contributed by atoms with Crippen LogP contribution in [0.4, 0.5) is 0 Å². The summed E-state index contributed by atoms with van der Waals surface area (Å²) < 4.78 is 36.2. The van der Waals surface area contributed by atoms with E-state index in [0.29, 0.717) is 60.6 Å². The van der Waals surface area contributed by atoms with E-state index in [-0.39, 0.29) is 48.5 Å². The normalized spacial score (nSPS) is 16.4. The number of hydrogen-bond donors (Lipinski definition) is 2. The van der Waals surface area contributed by atoms with Crippen LogP contribution in [0.5, 0.6) is 5.75 Å². The Bertz CT molecular complexity index is 1600. The highest BCUT2D eigenvalue weighted by Gasteiger charge is 2.35. The molecule has 0 aliphatic carbocycles. The average Bonchev–Trinajstić information content (AvgIpc) is 3.28. The number of imidazole rings is 1. The van der Waals surface area contributed by atoms with Crippen molar-refractivity contribution in [1.29, 1.82) is 0 Å². The molecule has 15 heteroatoms. The summed E-state index contributed by atoms with van der Waals surface area (Å²) in [4.78, 5) is 35.5. The molecule has 1 unspecified atom stereocenters. The minimum Gasteiger partial charge on any atom is -0.493 e. The van der Waals surface area contributed by atoms with E-state index < -0.39 is 20.5 Å². The number of aliphatic hydroxyl groups is 1. The van der Waals surface area contributed by atoms with Crippen molar-refractivity contribution in [2.45, 2.75) is 64.7 Å². The highest BCUT2D eigenvalue weighted by atomic mass is 32.2. The predicted octanol–water partition coefficient (Wildman–Crippen LogP) is 2.74. The third kappa shape index (κ3) is 6.57. The number of aryl methyl sites for hydroxylation is 2. The van der Waals surface area contributed by atoms with Crippen LogP contribution < -0.4 is 10.3 Å². The second-order valence-electron chi connectivity index (χ2n) is 11.0. The molecular formula is C27H38N6O8S. The van der Waals surface area contributed by atoms with Gasteiger partial charge < -0.3 is 19.7 Å². The number of fused-ring (bicyclic) bond motifs is 1. The molecule has 1 saturated heterocycles. The zero-order valence-corrected chi connectivity index (χ0v) is 25.1. The van der Waals surface area contributed by atoms with E-state index in [0.717, 1.165) is 6.42 Å². The third-order valence-electron chi connectivity index (χ3n) is 7.62. The van der Waals surface area contributed by atoms with Gasteiger partial charge in [0.15, 0.2) is 11.3 Å². The first-order chi connectivity index (χ1) is 19.9. The van der Waals surface area contributed by atoms with Gasteiger partial charge in [-0.15, -0.1) is 15.2 Å². The Labute approximate surface area is 243 Å². The fourth-order valence-corrected chi connectivity index (χ4v) is 6.95. The summed E-state index contributed by atoms with van der Waals surface area (Å²) in [5, 5.41) is 24.2. The number of ether oxygens (including phenoxy) is 1. The molecule has 0 saturated carbocycles. The molecule has 42 heavy (non-hydrogen) atoms. The van der Waals surface area contributed by atoms with Gasteiger partial charge in [0.1, 0.15) is 18.2 Å². The minimum absolute atomic E-state index is 0.0392. The fraction of sp³-hybridized carbons (Fsp3) is 0.593. The van der Waals surface area contributed by atoms with Gasteiger partial charge in [-0.3, -0.25) is 4.79 Å². The number of piperidine rings is 1. The molecule has 14 nitrogen and oxygen atoms in total. The number of H-pyrrole nitrogens is 1. The molecule has 230 valence electrons. The molecule has 1 aliphatic heterocycles. The van der Waals surface area contributed by atoms with Crippen molar-refractivity contribution in [3.8, 4) is 17.1 Å². The molecule has 1 fully saturated rings. The first-order valence-corrected chi connectivity index (χ1v) is 15.5. The van der Waals surface area contributed by atoms with Gasteiger partial charge in [0.2, 0.25) is 10.0 Å². The molecule has 0 spiro atoms. The number of rotatable bonds is 13. The molecule has 1 aromatic carbocycles. The summed E-state index contributed by atoms with van der Waals surface area (Å²) in [6.45, 7) is 7.59. The van der Waals surface area contributed by atoms with Crippen LogP contribution in [0.3, 0.4) is 0 Å². The van der Waals surface area contributed by atoms with Crippen molar-refractivity contribution in [3.05, 3.63) is 50.2 Å². The Hall–Kier alpha value is -3.56. The first-order valence-electron chi connectivity index (χ1n) is 14.1. The van der Waals surface area contributed by atoms with Crippen LogP contribution >= 0.6 is 0 Å². The zero-order chi connectivity index (χ0) is 30.7. The van der Waals surface area contributed by atoms with Gasteiger partial charge in [-0.1, -0.05) is 13.8 Å². The summed E-state index contributed by atoms with van der Waals surface area (Å²) in [5.74, 6) is 1.26. The largest absolute Gasteiger partial charge is 0.493 e. The van der Waals surface area contributed by atoms with E-state index in [1.54, 1.807) is 19.9 Å². The Balaban J connectivity index is 1.61. The lowest BCUT2D eigenvalue weighted by molar-refractivity contribution is -0.761. The van der Waals surface area contributed by atoms with Crippen LogP contribution in [0.1, 0.15) is 58.0 Å². The van der Waals surface area contributed by atoms with Crippen LogP contribution in [-0.2, 0) is 21.3 Å². The third-order valence-corrected chi connectivity index (χ3v) is 9.51. The Morgan fingerprint density at radius 3 is 2.60 bits per heavy atom. The van der Waals surface area contributed by atoms with Gasteiger partial charge >= 0.3 is 0 Å². The Kier molecular flexibility index (Phi) is 9.53. The van der Waals surface area contributed by atoms with Crippen molar-refractivity contribution in [3.63, 3.8) is 0 Å². The van der Waals surface area contributed by atoms with Crippen molar-refractivity contribution < 1.29 is 28.2 Å². The van der Waals surface area contributed by atoms with Crippen LogP contribution in [0.2, 0.25) is 0 Å². The molecule has 4 rings (SSSR count). The molecule has 1 aliphatic rings. The standard InChI is InChI=1S/C27H38N6O8S/c1-5-7-23-28-18(3)24-26(35)29-25(30-32(23)24)21-14-20(8-9-22(21)40-6-2)42(38,39)31-12-10-19(11-13-31)15-27(4,16-34)17-41-33(36)37/h8-9,14,19,34H,5-7,10-13,15-17H2,1-4H3,(H,29,30,35). The van der Waals surface area contributed by atoms with Gasteiger partial charge in [-0.2, -0.15) is 4.31 Å². The van der Waals surface area contributed by atoms with Crippen LogP contribution in [0.25, 0.3) is 16.9 Å². The Morgan fingerprint density at radius 1 is 1.26 bits per heavy atom. The number of nitrogens with one attached hydrogen (secondary N) is 1. The number of benzene rings is 1. The lowest BCUT2D eigenvalue weighted by Crippen LogP contribution is -2.40. The molecule has 0 radical (unpaired) electrons. The van der Waals surface area contributed by atoms with Gasteiger partial charge in [0, 0.05) is 24.9 Å². The maximum absolute atomic E-state index is 13.7. The lowest BCUT2D eigenvalue weighted by atomic mass is 9.79. The number of nitrogens with zero attached hydrogens (tertiary/aromatic N) is 5. The van der Waals surface area contributed by atoms with Crippen molar-refractivity contribution in [1.82, 2.24) is 23.9 Å². The number of aromatic amines is 1. The van der Waals surface area contributed by atoms with Crippen molar-refractivity contribution >= 4 is 15.5 Å². The van der Waals surface area contributed by atoms with E-state index in [1.807, 2.05) is 13.8 Å². The maximum atomic E-state index is 13.7. The van der Waals surface area contributed by atoms with Gasteiger partial charge in [0.05, 0.1) is 29.4 Å². The number of aromatic nitrogens is 4. The van der Waals surface area contributed by atoms with Gasteiger partial charge in [-0.05, 0) is 63.6 Å². The van der Waals surface area contributed by atoms with E-state index in [1.165, 1.54) is 21.0 Å². The summed E-state index contributed by atoms with van der Waals surface area (Å²) in [7, 11) is -3.91. The van der Waals surface area contributed by atoms with Crippen LogP contribution in [0.15, 0.2) is 27.9 Å². The second-order valence-corrected chi connectivity index (χ2v) is 13.0. The van der Waals surface area contributed by atoms with E-state index in [9.17, 15) is 28.4 Å². The quantitative estimate of drug-likeness (QED) is 0.217. The van der Waals surface area contributed by atoms with Gasteiger partial charge in [-0.25, -0.2) is 17.9 Å². The van der Waals surface area contributed by atoms with E-state index >= 15 is 0 Å². The van der Waals surface area contributed by atoms with Crippen molar-refractivity contribution in [2.24, 2.45) is 11.3 Å². The zero-order valence-electron chi connectivity index (χ0n) is 24.3. The van der Waals surface area contributed by atoms with Gasteiger partial charge in [0.25, 0.3) is 10.6 Å². The fourth-order valence-electron chi connectivity index (χ4n) is 5.46. The predicted molar refractivity (Wildman–Crippen MR) is 153 cm³/mol. The lowest BCUT2D eigenvalue weighted by Gasteiger charge is -2.36. The molecule has 3 aromatic rings. The molecular weight excluding hydrogens is 568 g/mol. The topological polar surface area (TPSA) is 182 Å². The average molecular weight is 607 g/mol. The van der Waals surface area contributed by atoms with E-state index in [4.69, 9.17) is 4.74 Å². The molecule has 0 amide bonds. The summed E-state index contributed by atoms with van der Waals surface area (Å²) in [6.07, 6.45) is 2.95. The van der Waals surface area contributed by atoms with Crippen LogP contribution in [0, 0.1) is 28.4 Å². The number of hydrogen-bond acceptors (Lipinski definition) is 10. The minimum atomic E-state index is -3.91. The second kappa shape index (κ2) is 12.8. The number of sulfonamides is 1. The highest BCUT2D eigenvalue weighted by Crippen LogP contribution is 2.35. The van der Waals surface area contributed by atoms with Crippen molar-refractivity contribution in [2.75, 3.05) is 32.9 Å². The maximum Gasteiger partial charge on any atom is 0.294 e. The molecule has 1 atom stereocenters. The summed E-state index contributed by atoms with van der Waals surface area (Å²) >= 11 is 0. The SMILES string of the molecule is CCCc1nc(C)c2c(=O)[nH]c(-c3cc(S(=O)(=O)N4CCC(CC(C)(CO)CO[N+](=O)[O-])CC4)ccc3OCC)nn12. The molecule has 2 aromatic heterocycles. The first kappa shape index (κ1) is 31.4. The van der Waals surface area contributed by atoms with Crippen LogP contribution in [-0.4, -0.2) is 75.4 Å².